The quantitative estimate of drug-likeness (QED) is 0.722. The van der Waals surface area contributed by atoms with Crippen LogP contribution >= 0.6 is 0 Å². The minimum atomic E-state index is -0.611. The highest BCUT2D eigenvalue weighted by Crippen LogP contribution is 2.22. The van der Waals surface area contributed by atoms with Gasteiger partial charge in [0, 0.05) is 26.0 Å². The maximum atomic E-state index is 10.3. The number of aliphatic hydroxyl groups excluding tert-OH is 1. The van der Waals surface area contributed by atoms with Gasteiger partial charge in [0.1, 0.15) is 18.0 Å². The van der Waals surface area contributed by atoms with Gasteiger partial charge in [-0.3, -0.25) is 9.67 Å². The molecule has 1 aliphatic rings. The van der Waals surface area contributed by atoms with Gasteiger partial charge in [-0.1, -0.05) is 0 Å². The molecule has 1 aliphatic heterocycles. The first-order valence-electron chi connectivity index (χ1n) is 7.59. The van der Waals surface area contributed by atoms with Crippen molar-refractivity contribution in [3.8, 4) is 11.6 Å². The molecule has 0 aromatic carbocycles. The van der Waals surface area contributed by atoms with Crippen LogP contribution in [0, 0.1) is 0 Å². The van der Waals surface area contributed by atoms with Crippen molar-refractivity contribution in [3.63, 3.8) is 0 Å². The minimum Gasteiger partial charge on any atom is -0.482 e. The smallest absolute Gasteiger partial charge is 0.173 e. The Kier molecular flexibility index (Phi) is 3.62. The third-order valence-corrected chi connectivity index (χ3v) is 3.88. The highest BCUT2D eigenvalue weighted by atomic mass is 16.5. The zero-order chi connectivity index (χ0) is 16.5. The van der Waals surface area contributed by atoms with Crippen molar-refractivity contribution in [1.29, 1.82) is 0 Å². The second-order valence-corrected chi connectivity index (χ2v) is 5.66. The number of ether oxygens (including phenoxy) is 1. The van der Waals surface area contributed by atoms with E-state index in [1.54, 1.807) is 46.5 Å². The van der Waals surface area contributed by atoms with E-state index in [1.165, 1.54) is 0 Å². The van der Waals surface area contributed by atoms with E-state index in [-0.39, 0.29) is 6.10 Å². The van der Waals surface area contributed by atoms with E-state index in [9.17, 15) is 5.11 Å². The Morgan fingerprint density at radius 2 is 2.04 bits per heavy atom. The molecule has 24 heavy (non-hydrogen) atoms. The van der Waals surface area contributed by atoms with Crippen LogP contribution in [-0.4, -0.2) is 59.9 Å². The van der Waals surface area contributed by atoms with Gasteiger partial charge in [-0.15, -0.1) is 0 Å². The van der Waals surface area contributed by atoms with Gasteiger partial charge in [-0.2, -0.15) is 10.2 Å². The van der Waals surface area contributed by atoms with E-state index in [0.29, 0.717) is 30.5 Å². The number of β-amino-alcohol motifs (C(OH)–C–C–N with tert-alkyl or cyclic N) is 1. The zero-order valence-electron chi connectivity index (χ0n) is 13.1. The molecule has 0 amide bonds. The van der Waals surface area contributed by atoms with Crippen LogP contribution in [0.5, 0.6) is 5.75 Å². The SMILES string of the molecule is Cn1cc(O[C@@H]2CN(c3cncc(-n4cccn4)n3)C[C@H]2O)cn1. The van der Waals surface area contributed by atoms with Gasteiger partial charge in [-0.05, 0) is 6.07 Å². The number of anilines is 1. The van der Waals surface area contributed by atoms with E-state index in [1.807, 2.05) is 18.0 Å². The topological polar surface area (TPSA) is 94.1 Å². The fourth-order valence-corrected chi connectivity index (χ4v) is 2.71. The third-order valence-electron chi connectivity index (χ3n) is 3.88. The molecule has 0 bridgehead atoms. The van der Waals surface area contributed by atoms with Crippen LogP contribution in [0.3, 0.4) is 0 Å². The van der Waals surface area contributed by atoms with Crippen LogP contribution in [0.15, 0.2) is 43.2 Å². The standard InChI is InChI=1S/C15H17N7O2/c1-20-8-11(5-18-20)24-13-10-21(9-12(13)23)14-6-16-7-15(19-14)22-4-2-3-17-22/h2-8,12-13,23H,9-10H2,1H3/t12-,13-/m1/s1. The summed E-state index contributed by atoms with van der Waals surface area (Å²) < 4.78 is 9.13. The van der Waals surface area contributed by atoms with E-state index in [2.05, 4.69) is 20.2 Å². The molecule has 0 aliphatic carbocycles. The number of rotatable bonds is 4. The summed E-state index contributed by atoms with van der Waals surface area (Å²) in [5, 5.41) is 18.5. The van der Waals surface area contributed by atoms with Crippen LogP contribution in [0.4, 0.5) is 5.82 Å². The van der Waals surface area contributed by atoms with Gasteiger partial charge < -0.3 is 14.7 Å². The number of aromatic nitrogens is 6. The number of hydrogen-bond donors (Lipinski definition) is 1. The van der Waals surface area contributed by atoms with Crippen molar-refractivity contribution in [2.45, 2.75) is 12.2 Å². The first-order valence-corrected chi connectivity index (χ1v) is 7.59. The lowest BCUT2D eigenvalue weighted by atomic mass is 10.3. The molecule has 3 aromatic heterocycles. The second-order valence-electron chi connectivity index (χ2n) is 5.66. The molecule has 2 atom stereocenters. The highest BCUT2D eigenvalue weighted by Gasteiger charge is 2.34. The molecule has 0 saturated carbocycles. The van der Waals surface area contributed by atoms with E-state index in [0.717, 1.165) is 0 Å². The summed E-state index contributed by atoms with van der Waals surface area (Å²) in [6.45, 7) is 0.954. The van der Waals surface area contributed by atoms with Crippen molar-refractivity contribution in [3.05, 3.63) is 43.2 Å². The van der Waals surface area contributed by atoms with Gasteiger partial charge in [0.25, 0.3) is 0 Å². The Hall–Kier alpha value is -2.94. The van der Waals surface area contributed by atoms with Crippen LogP contribution in [0.25, 0.3) is 5.82 Å². The van der Waals surface area contributed by atoms with Gasteiger partial charge in [0.05, 0.1) is 31.3 Å². The van der Waals surface area contributed by atoms with E-state index < -0.39 is 6.10 Å². The summed E-state index contributed by atoms with van der Waals surface area (Å²) in [4.78, 5) is 10.7. The number of aryl methyl sites for hydroxylation is 1. The fourth-order valence-electron chi connectivity index (χ4n) is 2.71. The fraction of sp³-hybridized carbons (Fsp3) is 0.333. The molecule has 124 valence electrons. The largest absolute Gasteiger partial charge is 0.482 e. The Labute approximate surface area is 138 Å². The summed E-state index contributed by atoms with van der Waals surface area (Å²) in [5.41, 5.74) is 0. The maximum Gasteiger partial charge on any atom is 0.173 e. The van der Waals surface area contributed by atoms with Gasteiger partial charge in [0.15, 0.2) is 11.6 Å². The lowest BCUT2D eigenvalue weighted by molar-refractivity contribution is 0.0737. The van der Waals surface area contributed by atoms with Crippen molar-refractivity contribution < 1.29 is 9.84 Å². The molecule has 9 nitrogen and oxygen atoms in total. The zero-order valence-corrected chi connectivity index (χ0v) is 13.1. The molecule has 9 heteroatoms. The Morgan fingerprint density at radius 3 is 2.79 bits per heavy atom. The minimum absolute atomic E-state index is 0.343. The van der Waals surface area contributed by atoms with Gasteiger partial charge >= 0.3 is 0 Å². The molecule has 1 fully saturated rings. The van der Waals surface area contributed by atoms with Crippen LogP contribution in [-0.2, 0) is 7.05 Å². The predicted molar refractivity (Wildman–Crippen MR) is 85.0 cm³/mol. The molecular formula is C15H17N7O2. The van der Waals surface area contributed by atoms with Crippen LogP contribution in [0.1, 0.15) is 0 Å². The lowest BCUT2D eigenvalue weighted by Crippen LogP contribution is -2.29. The maximum absolute atomic E-state index is 10.3. The number of hydrogen-bond acceptors (Lipinski definition) is 7. The molecule has 1 N–H and O–H groups in total. The van der Waals surface area contributed by atoms with Crippen molar-refractivity contribution in [1.82, 2.24) is 29.5 Å². The Morgan fingerprint density at radius 1 is 1.17 bits per heavy atom. The van der Waals surface area contributed by atoms with Crippen molar-refractivity contribution >= 4 is 5.82 Å². The molecule has 0 radical (unpaired) electrons. The van der Waals surface area contributed by atoms with Crippen molar-refractivity contribution in [2.75, 3.05) is 18.0 Å². The number of nitrogens with zero attached hydrogens (tertiary/aromatic N) is 7. The lowest BCUT2D eigenvalue weighted by Gasteiger charge is -2.17. The van der Waals surface area contributed by atoms with Crippen LogP contribution in [0.2, 0.25) is 0 Å². The second kappa shape index (κ2) is 5.93. The summed E-state index contributed by atoms with van der Waals surface area (Å²) in [7, 11) is 1.82. The summed E-state index contributed by atoms with van der Waals surface area (Å²) in [6.07, 6.45) is 9.26. The average molecular weight is 327 g/mol. The third kappa shape index (κ3) is 2.81. The molecule has 3 aromatic rings. The normalized spacial score (nSPS) is 20.5. The monoisotopic (exact) mass is 327 g/mol. The first kappa shape index (κ1) is 14.6. The van der Waals surface area contributed by atoms with Crippen LogP contribution < -0.4 is 9.64 Å². The predicted octanol–water partition coefficient (Wildman–Crippen LogP) is 0.0243. The Balaban J connectivity index is 1.50. The highest BCUT2D eigenvalue weighted by molar-refractivity contribution is 5.41. The average Bonchev–Trinajstić information content (AvgIpc) is 3.31. The molecule has 0 spiro atoms. The molecule has 1 saturated heterocycles. The Bertz CT molecular complexity index is 817. The summed E-state index contributed by atoms with van der Waals surface area (Å²) >= 11 is 0. The molecule has 0 unspecified atom stereocenters. The van der Waals surface area contributed by atoms with Gasteiger partial charge in [-0.25, -0.2) is 9.67 Å². The number of aliphatic hydroxyl groups is 1. The van der Waals surface area contributed by atoms with E-state index >= 15 is 0 Å². The summed E-state index contributed by atoms with van der Waals surface area (Å²) in [6, 6.07) is 1.83. The molecule has 4 heterocycles. The molecular weight excluding hydrogens is 310 g/mol. The van der Waals surface area contributed by atoms with E-state index in [4.69, 9.17) is 4.74 Å². The first-order chi connectivity index (χ1) is 11.7. The molecule has 4 rings (SSSR count). The van der Waals surface area contributed by atoms with Crippen molar-refractivity contribution in [2.24, 2.45) is 7.05 Å². The van der Waals surface area contributed by atoms with Gasteiger partial charge in [0.2, 0.25) is 0 Å². The summed E-state index contributed by atoms with van der Waals surface area (Å²) in [5.74, 6) is 1.95.